The molecule has 0 heterocycles. The van der Waals surface area contributed by atoms with E-state index < -0.39 is 0 Å². The highest BCUT2D eigenvalue weighted by molar-refractivity contribution is 5.12. The van der Waals surface area contributed by atoms with Gasteiger partial charge in [-0.2, -0.15) is 0 Å². The summed E-state index contributed by atoms with van der Waals surface area (Å²) >= 11 is 0. The highest BCUT2D eigenvalue weighted by atomic mass is 16.3. The lowest BCUT2D eigenvalue weighted by atomic mass is 10.0. The summed E-state index contributed by atoms with van der Waals surface area (Å²) in [6.07, 6.45) is 9.00. The van der Waals surface area contributed by atoms with Crippen LogP contribution in [0.1, 0.15) is 44.1 Å². The molecule has 2 rings (SSSR count). The van der Waals surface area contributed by atoms with Gasteiger partial charge in [-0.25, -0.2) is 0 Å². The molecule has 1 nitrogen and oxygen atoms in total. The maximum Gasteiger partial charge on any atom is 0.0681 e. The maximum absolute atomic E-state index is 8.54. The van der Waals surface area contributed by atoms with Crippen LogP contribution in [0, 0.1) is 0 Å². The Hall–Kier alpha value is -1.08. The normalized spacial score (nSPS) is 13.8. The van der Waals surface area contributed by atoms with Crippen molar-refractivity contribution < 1.29 is 5.11 Å². The number of hydrogen-bond donors (Lipinski definition) is 1. The van der Waals surface area contributed by atoms with Crippen LogP contribution in [0.25, 0.3) is 0 Å². The maximum atomic E-state index is 8.54. The van der Waals surface area contributed by atoms with Crippen LogP contribution in [0.3, 0.4) is 0 Å². The minimum Gasteiger partial charge on any atom is -0.392 e. The van der Waals surface area contributed by atoms with E-state index >= 15 is 0 Å². The van der Waals surface area contributed by atoms with Gasteiger partial charge < -0.3 is 5.11 Å². The molecule has 1 aromatic carbocycles. The van der Waals surface area contributed by atoms with Gasteiger partial charge in [0.25, 0.3) is 0 Å². The Labute approximate surface area is 99.8 Å². The van der Waals surface area contributed by atoms with Crippen LogP contribution >= 0.6 is 0 Å². The van der Waals surface area contributed by atoms with Gasteiger partial charge in [0.1, 0.15) is 0 Å². The van der Waals surface area contributed by atoms with Gasteiger partial charge in [0.15, 0.2) is 0 Å². The quantitative estimate of drug-likeness (QED) is 0.699. The van der Waals surface area contributed by atoms with Crippen LogP contribution in [0.15, 0.2) is 43.5 Å². The highest BCUT2D eigenvalue weighted by Crippen LogP contribution is 2.15. The van der Waals surface area contributed by atoms with Gasteiger partial charge in [-0.05, 0) is 5.56 Å². The van der Waals surface area contributed by atoms with Gasteiger partial charge in [0.2, 0.25) is 0 Å². The molecule has 0 unspecified atom stereocenters. The zero-order chi connectivity index (χ0) is 12.1. The highest BCUT2D eigenvalue weighted by Gasteiger charge is 1.95. The van der Waals surface area contributed by atoms with Crippen molar-refractivity contribution in [1.82, 2.24) is 0 Å². The zero-order valence-corrected chi connectivity index (χ0v) is 10.2. The topological polar surface area (TPSA) is 20.2 Å². The Kier molecular flexibility index (Phi) is 11.2. The predicted molar refractivity (Wildman–Crippen MR) is 71.3 cm³/mol. The number of rotatable bonds is 1. The Morgan fingerprint density at radius 2 is 1.19 bits per heavy atom. The SMILES string of the molecule is C1CCCCC1.C=C.OCc1ccccc1. The molecule has 0 aliphatic heterocycles. The van der Waals surface area contributed by atoms with E-state index in [0.29, 0.717) is 0 Å². The van der Waals surface area contributed by atoms with Crippen LogP contribution in [0.5, 0.6) is 0 Å². The van der Waals surface area contributed by atoms with Crippen molar-refractivity contribution in [3.8, 4) is 0 Å². The van der Waals surface area contributed by atoms with Gasteiger partial charge >= 0.3 is 0 Å². The monoisotopic (exact) mass is 220 g/mol. The number of hydrogen-bond acceptors (Lipinski definition) is 1. The smallest absolute Gasteiger partial charge is 0.0681 e. The van der Waals surface area contributed by atoms with Gasteiger partial charge in [-0.1, -0.05) is 68.9 Å². The van der Waals surface area contributed by atoms with E-state index in [9.17, 15) is 0 Å². The lowest BCUT2D eigenvalue weighted by Crippen LogP contribution is -1.85. The summed E-state index contributed by atoms with van der Waals surface area (Å²) in [7, 11) is 0. The van der Waals surface area contributed by atoms with Gasteiger partial charge in [-0.15, -0.1) is 13.2 Å². The Bertz CT molecular complexity index is 215. The molecule has 0 aromatic heterocycles. The first kappa shape index (κ1) is 14.9. The van der Waals surface area contributed by atoms with Crippen LogP contribution in [-0.4, -0.2) is 5.11 Å². The summed E-state index contributed by atoms with van der Waals surface area (Å²) < 4.78 is 0. The molecule has 90 valence electrons. The molecule has 0 bridgehead atoms. The Morgan fingerprint density at radius 1 is 0.812 bits per heavy atom. The zero-order valence-electron chi connectivity index (χ0n) is 10.2. The standard InChI is InChI=1S/C7H8O.C6H12.C2H4/c8-6-7-4-2-1-3-5-7;1-2-4-6-5-3-1;1-2/h1-5,8H,6H2;1-6H2;1-2H2. The summed E-state index contributed by atoms with van der Waals surface area (Å²) in [5.74, 6) is 0. The molecule has 0 amide bonds. The first-order valence-electron chi connectivity index (χ1n) is 6.08. The average Bonchev–Trinajstić information content (AvgIpc) is 2.44. The molecular formula is C15H24O. The fourth-order valence-corrected chi connectivity index (χ4v) is 1.64. The summed E-state index contributed by atoms with van der Waals surface area (Å²) in [6.45, 7) is 6.14. The van der Waals surface area contributed by atoms with E-state index in [2.05, 4.69) is 13.2 Å². The minimum absolute atomic E-state index is 0.140. The van der Waals surface area contributed by atoms with Crippen LogP contribution in [-0.2, 0) is 6.61 Å². The number of benzene rings is 1. The molecule has 1 fully saturated rings. The van der Waals surface area contributed by atoms with Crippen molar-refractivity contribution in [3.05, 3.63) is 49.1 Å². The Morgan fingerprint density at radius 3 is 1.44 bits per heavy atom. The van der Waals surface area contributed by atoms with Crippen molar-refractivity contribution in [2.75, 3.05) is 0 Å². The largest absolute Gasteiger partial charge is 0.392 e. The molecule has 1 aliphatic carbocycles. The number of aliphatic hydroxyl groups excluding tert-OH is 1. The predicted octanol–water partition coefficient (Wildman–Crippen LogP) is 4.32. The second-order valence-electron chi connectivity index (χ2n) is 3.77. The third-order valence-electron chi connectivity index (χ3n) is 2.53. The molecule has 1 N–H and O–H groups in total. The van der Waals surface area contributed by atoms with Crippen molar-refractivity contribution >= 4 is 0 Å². The number of aliphatic hydroxyl groups is 1. The molecule has 16 heavy (non-hydrogen) atoms. The van der Waals surface area contributed by atoms with E-state index in [-0.39, 0.29) is 6.61 Å². The van der Waals surface area contributed by atoms with Crippen LogP contribution in [0.2, 0.25) is 0 Å². The molecule has 0 atom stereocenters. The van der Waals surface area contributed by atoms with Gasteiger partial charge in [0.05, 0.1) is 6.61 Å². The van der Waals surface area contributed by atoms with Crippen LogP contribution in [0.4, 0.5) is 0 Å². The van der Waals surface area contributed by atoms with Crippen molar-refractivity contribution in [1.29, 1.82) is 0 Å². The molecule has 1 aromatic rings. The summed E-state index contributed by atoms with van der Waals surface area (Å²) in [4.78, 5) is 0. The summed E-state index contributed by atoms with van der Waals surface area (Å²) in [5, 5.41) is 8.54. The second kappa shape index (κ2) is 12.0. The van der Waals surface area contributed by atoms with Gasteiger partial charge in [-0.3, -0.25) is 0 Å². The molecule has 1 saturated carbocycles. The van der Waals surface area contributed by atoms with E-state index in [4.69, 9.17) is 5.11 Å². The fraction of sp³-hybridized carbons (Fsp3) is 0.467. The van der Waals surface area contributed by atoms with Crippen LogP contribution < -0.4 is 0 Å². The van der Waals surface area contributed by atoms with Gasteiger partial charge in [0, 0.05) is 0 Å². The van der Waals surface area contributed by atoms with E-state index in [0.717, 1.165) is 5.56 Å². The molecule has 0 radical (unpaired) electrons. The minimum atomic E-state index is 0.140. The summed E-state index contributed by atoms with van der Waals surface area (Å²) in [6, 6.07) is 9.52. The third-order valence-corrected chi connectivity index (χ3v) is 2.53. The molecule has 0 saturated heterocycles. The average molecular weight is 220 g/mol. The van der Waals surface area contributed by atoms with Crippen molar-refractivity contribution in [3.63, 3.8) is 0 Å². The second-order valence-corrected chi connectivity index (χ2v) is 3.77. The lowest BCUT2D eigenvalue weighted by molar-refractivity contribution is 0.282. The first-order chi connectivity index (χ1) is 7.93. The molecular weight excluding hydrogens is 196 g/mol. The van der Waals surface area contributed by atoms with E-state index in [1.807, 2.05) is 30.3 Å². The first-order valence-corrected chi connectivity index (χ1v) is 6.08. The molecule has 0 spiro atoms. The molecule has 1 aliphatic rings. The van der Waals surface area contributed by atoms with Crippen molar-refractivity contribution in [2.45, 2.75) is 45.1 Å². The summed E-state index contributed by atoms with van der Waals surface area (Å²) in [5.41, 5.74) is 0.965. The lowest BCUT2D eigenvalue weighted by Gasteiger charge is -2.05. The third kappa shape index (κ3) is 8.25. The van der Waals surface area contributed by atoms with Crippen molar-refractivity contribution in [2.24, 2.45) is 0 Å². The molecule has 1 heteroatoms. The Balaban J connectivity index is 0.000000251. The van der Waals surface area contributed by atoms with E-state index in [1.165, 1.54) is 38.5 Å². The fourth-order valence-electron chi connectivity index (χ4n) is 1.64. The van der Waals surface area contributed by atoms with E-state index in [1.54, 1.807) is 0 Å².